The molecule has 0 atom stereocenters. The summed E-state index contributed by atoms with van der Waals surface area (Å²) < 4.78 is 4.85. The molecule has 2 rings (SSSR count). The quantitative estimate of drug-likeness (QED) is 0.243. The average Bonchev–Trinajstić information content (AvgIpc) is 2.44. The lowest BCUT2D eigenvalue weighted by Crippen LogP contribution is -2.09. The van der Waals surface area contributed by atoms with E-state index in [4.69, 9.17) is 4.74 Å². The molecule has 2 aromatic carbocycles. The molecule has 0 saturated carbocycles. The molecule has 5 N–H and O–H groups in total. The molecule has 0 aliphatic rings. The normalized spacial score (nSPS) is 10.2. The Hall–Kier alpha value is -3.09. The largest absolute Gasteiger partial charge is 0.503 e. The summed E-state index contributed by atoms with van der Waals surface area (Å²) in [4.78, 5) is 11.8. The van der Waals surface area contributed by atoms with Crippen molar-refractivity contribution in [3.05, 3.63) is 35.9 Å². The fourth-order valence-electron chi connectivity index (χ4n) is 1.53. The van der Waals surface area contributed by atoms with Gasteiger partial charge in [0.15, 0.2) is 17.1 Å². The van der Waals surface area contributed by atoms with Gasteiger partial charge in [-0.05, 0) is 12.1 Å². The number of ether oxygens (including phenoxy) is 1. The van der Waals surface area contributed by atoms with Crippen LogP contribution in [0.5, 0.6) is 34.5 Å². The molecule has 0 saturated heterocycles. The van der Waals surface area contributed by atoms with Gasteiger partial charge in [-0.3, -0.25) is 0 Å². The van der Waals surface area contributed by atoms with Gasteiger partial charge in [0.2, 0.25) is 17.2 Å². The van der Waals surface area contributed by atoms with E-state index in [0.717, 1.165) is 0 Å². The van der Waals surface area contributed by atoms with E-state index in [2.05, 4.69) is 0 Å². The summed E-state index contributed by atoms with van der Waals surface area (Å²) in [5, 5.41) is 46.9. The van der Waals surface area contributed by atoms with Crippen molar-refractivity contribution in [2.24, 2.45) is 0 Å². The van der Waals surface area contributed by atoms with Crippen LogP contribution in [0.4, 0.5) is 0 Å². The van der Waals surface area contributed by atoms with Crippen LogP contribution in [-0.2, 0) is 0 Å². The Morgan fingerprint density at radius 1 is 0.750 bits per heavy atom. The van der Waals surface area contributed by atoms with E-state index < -0.39 is 40.3 Å². The zero-order chi connectivity index (χ0) is 14.9. The summed E-state index contributed by atoms with van der Waals surface area (Å²) in [7, 11) is 0. The Bertz CT molecular complexity index is 635. The molecule has 2 aromatic rings. The van der Waals surface area contributed by atoms with Gasteiger partial charge in [0.05, 0.1) is 0 Å². The summed E-state index contributed by atoms with van der Waals surface area (Å²) in [6, 6.07) is 7.77. The number of aromatic hydroxyl groups is 5. The first-order valence-corrected chi connectivity index (χ1v) is 5.39. The monoisotopic (exact) mass is 278 g/mol. The predicted molar refractivity (Wildman–Crippen MR) is 66.2 cm³/mol. The fourth-order valence-corrected chi connectivity index (χ4v) is 1.53. The first kappa shape index (κ1) is 13.3. The van der Waals surface area contributed by atoms with Gasteiger partial charge in [-0.25, -0.2) is 4.79 Å². The van der Waals surface area contributed by atoms with E-state index in [1.165, 1.54) is 12.1 Å². The second-order valence-electron chi connectivity index (χ2n) is 3.82. The number of phenols is 5. The summed E-state index contributed by atoms with van der Waals surface area (Å²) in [5.74, 6) is -6.70. The molecule has 0 fully saturated rings. The first-order valence-electron chi connectivity index (χ1n) is 5.39. The summed E-state index contributed by atoms with van der Waals surface area (Å²) in [5.41, 5.74) is -0.860. The molecule has 0 bridgehead atoms. The molecule has 0 unspecified atom stereocenters. The molecule has 0 aliphatic carbocycles. The number of para-hydroxylation sites is 1. The van der Waals surface area contributed by atoms with Crippen LogP contribution < -0.4 is 4.74 Å². The van der Waals surface area contributed by atoms with Gasteiger partial charge in [0.25, 0.3) is 0 Å². The van der Waals surface area contributed by atoms with Gasteiger partial charge in [-0.1, -0.05) is 18.2 Å². The van der Waals surface area contributed by atoms with Gasteiger partial charge in [-0.15, -0.1) is 0 Å². The highest BCUT2D eigenvalue weighted by Crippen LogP contribution is 2.50. The topological polar surface area (TPSA) is 127 Å². The zero-order valence-electron chi connectivity index (χ0n) is 9.94. The van der Waals surface area contributed by atoms with Crippen LogP contribution in [0.15, 0.2) is 30.3 Å². The Morgan fingerprint density at radius 3 is 1.70 bits per heavy atom. The summed E-state index contributed by atoms with van der Waals surface area (Å²) in [6.07, 6.45) is 0. The van der Waals surface area contributed by atoms with Gasteiger partial charge < -0.3 is 30.3 Å². The van der Waals surface area contributed by atoms with Crippen molar-refractivity contribution in [1.82, 2.24) is 0 Å². The molecule has 0 radical (unpaired) electrons. The van der Waals surface area contributed by atoms with E-state index >= 15 is 0 Å². The number of carbonyl (C=O) groups is 1. The lowest BCUT2D eigenvalue weighted by Gasteiger charge is -2.11. The highest BCUT2D eigenvalue weighted by molar-refractivity contribution is 5.99. The van der Waals surface area contributed by atoms with Crippen molar-refractivity contribution in [3.8, 4) is 34.5 Å². The van der Waals surface area contributed by atoms with Crippen LogP contribution >= 0.6 is 0 Å². The molecule has 104 valence electrons. The lowest BCUT2D eigenvalue weighted by molar-refractivity contribution is 0.0726. The van der Waals surface area contributed by atoms with Crippen molar-refractivity contribution in [2.75, 3.05) is 0 Å². The summed E-state index contributed by atoms with van der Waals surface area (Å²) >= 11 is 0. The van der Waals surface area contributed by atoms with Crippen LogP contribution in [0, 0.1) is 0 Å². The average molecular weight is 278 g/mol. The highest BCUT2D eigenvalue weighted by atomic mass is 16.5. The molecule has 0 heterocycles. The number of carbonyl (C=O) groups excluding carboxylic acids is 1. The van der Waals surface area contributed by atoms with Crippen LogP contribution in [0.25, 0.3) is 0 Å². The molecule has 0 aliphatic heterocycles. The minimum Gasteiger partial charge on any atom is -0.503 e. The number of benzene rings is 2. The second-order valence-corrected chi connectivity index (χ2v) is 3.82. The molecule has 0 aromatic heterocycles. The molecule has 20 heavy (non-hydrogen) atoms. The number of hydrogen-bond donors (Lipinski definition) is 5. The maximum atomic E-state index is 11.8. The van der Waals surface area contributed by atoms with Gasteiger partial charge in [0.1, 0.15) is 5.75 Å². The minimum atomic E-state index is -1.21. The molecular formula is C13H10O7. The fraction of sp³-hybridized carbons (Fsp3) is 0. The van der Waals surface area contributed by atoms with Crippen molar-refractivity contribution in [3.63, 3.8) is 0 Å². The van der Waals surface area contributed by atoms with Crippen LogP contribution in [0.1, 0.15) is 10.4 Å². The van der Waals surface area contributed by atoms with Crippen molar-refractivity contribution >= 4 is 5.97 Å². The third-order valence-corrected chi connectivity index (χ3v) is 2.53. The van der Waals surface area contributed by atoms with Crippen molar-refractivity contribution < 1.29 is 35.1 Å². The Morgan fingerprint density at radius 2 is 1.20 bits per heavy atom. The van der Waals surface area contributed by atoms with Crippen molar-refractivity contribution in [2.45, 2.75) is 0 Å². The van der Waals surface area contributed by atoms with Gasteiger partial charge in [-0.2, -0.15) is 0 Å². The van der Waals surface area contributed by atoms with E-state index in [0.29, 0.717) is 0 Å². The van der Waals surface area contributed by atoms with Gasteiger partial charge in [0, 0.05) is 0 Å². The summed E-state index contributed by atoms with van der Waals surface area (Å²) in [6.45, 7) is 0. The van der Waals surface area contributed by atoms with Crippen LogP contribution in [0.2, 0.25) is 0 Å². The molecule has 7 heteroatoms. The standard InChI is InChI=1S/C13H10O7/c14-8-7(9(15)11(17)12(18)10(8)16)13(19)20-6-4-2-1-3-5-6/h1-5,14-18H. The van der Waals surface area contributed by atoms with Crippen LogP contribution in [-0.4, -0.2) is 31.5 Å². The Labute approximate surface area is 112 Å². The number of hydrogen-bond acceptors (Lipinski definition) is 7. The lowest BCUT2D eigenvalue weighted by atomic mass is 10.1. The smallest absolute Gasteiger partial charge is 0.351 e. The Kier molecular flexibility index (Phi) is 3.26. The molecule has 0 spiro atoms. The SMILES string of the molecule is O=C(Oc1ccccc1)c1c(O)c(O)c(O)c(O)c1O. The number of phenolic OH excluding ortho intramolecular Hbond substituents is 5. The minimum absolute atomic E-state index is 0.128. The molecule has 0 amide bonds. The van der Waals surface area contributed by atoms with E-state index in [9.17, 15) is 30.3 Å². The van der Waals surface area contributed by atoms with Crippen molar-refractivity contribution in [1.29, 1.82) is 0 Å². The highest BCUT2D eigenvalue weighted by Gasteiger charge is 2.29. The van der Waals surface area contributed by atoms with E-state index in [1.807, 2.05) is 0 Å². The predicted octanol–water partition coefficient (Wildman–Crippen LogP) is 1.43. The third-order valence-electron chi connectivity index (χ3n) is 2.53. The van der Waals surface area contributed by atoms with E-state index in [1.54, 1.807) is 18.2 Å². The second kappa shape index (κ2) is 4.88. The maximum absolute atomic E-state index is 11.8. The van der Waals surface area contributed by atoms with Crippen LogP contribution in [0.3, 0.4) is 0 Å². The first-order chi connectivity index (χ1) is 9.43. The maximum Gasteiger partial charge on any atom is 0.351 e. The molecular weight excluding hydrogens is 268 g/mol. The zero-order valence-corrected chi connectivity index (χ0v) is 9.94. The number of rotatable bonds is 2. The third kappa shape index (κ3) is 2.12. The Balaban J connectivity index is 2.45. The van der Waals surface area contributed by atoms with E-state index in [-0.39, 0.29) is 5.75 Å². The van der Waals surface area contributed by atoms with Gasteiger partial charge >= 0.3 is 5.97 Å². The number of esters is 1. The molecule has 7 nitrogen and oxygen atoms in total.